The lowest BCUT2D eigenvalue weighted by Crippen LogP contribution is -2.40. The molecule has 2 unspecified atom stereocenters. The van der Waals surface area contributed by atoms with Gasteiger partial charge in [0.15, 0.2) is 15.5 Å². The summed E-state index contributed by atoms with van der Waals surface area (Å²) >= 11 is 5.97. The minimum atomic E-state index is -3.33. The lowest BCUT2D eigenvalue weighted by Gasteiger charge is -2.37. The molecule has 0 bridgehead atoms. The van der Waals surface area contributed by atoms with Crippen LogP contribution in [0.2, 0.25) is 5.02 Å². The van der Waals surface area contributed by atoms with Crippen LogP contribution < -0.4 is 4.74 Å². The highest BCUT2D eigenvalue weighted by atomic mass is 35.5. The predicted octanol–water partition coefficient (Wildman–Crippen LogP) is 3.52. The normalized spacial score (nSPS) is 17.9. The van der Waals surface area contributed by atoms with Gasteiger partial charge in [0.2, 0.25) is 12.3 Å². The zero-order valence-corrected chi connectivity index (χ0v) is 21.5. The van der Waals surface area contributed by atoms with Crippen molar-refractivity contribution >= 4 is 44.6 Å². The van der Waals surface area contributed by atoms with E-state index in [1.807, 2.05) is 0 Å². The smallest absolute Gasteiger partial charge is 0.288 e. The molecule has 2 aromatic carbocycles. The van der Waals surface area contributed by atoms with E-state index in [2.05, 4.69) is 15.1 Å². The van der Waals surface area contributed by atoms with E-state index in [0.29, 0.717) is 47.6 Å². The molecule has 0 N–H and O–H groups in total. The Hall–Kier alpha value is -4.10. The Balaban J connectivity index is 1.41. The summed E-state index contributed by atoms with van der Waals surface area (Å²) in [4.78, 5) is 32.9. The largest absolute Gasteiger partial charge is 0.474 e. The molecule has 196 valence electrons. The highest BCUT2D eigenvalue weighted by Gasteiger charge is 2.32. The van der Waals surface area contributed by atoms with Gasteiger partial charge in [0, 0.05) is 31.7 Å². The average Bonchev–Trinajstić information content (AvgIpc) is 3.33. The van der Waals surface area contributed by atoms with Crippen LogP contribution in [0.25, 0.3) is 16.7 Å². The van der Waals surface area contributed by atoms with E-state index in [1.165, 1.54) is 30.6 Å². The second kappa shape index (κ2) is 9.99. The van der Waals surface area contributed by atoms with Crippen LogP contribution in [-0.4, -0.2) is 63.3 Å². The number of rotatable bonds is 7. The number of nitro benzene ring substituents is 1. The number of fused-ring (bicyclic) bond motifs is 1. The third-order valence-electron chi connectivity index (χ3n) is 6.40. The van der Waals surface area contributed by atoms with Gasteiger partial charge in [-0.25, -0.2) is 23.1 Å². The van der Waals surface area contributed by atoms with E-state index in [0.717, 1.165) is 12.7 Å². The monoisotopic (exact) mass is 556 g/mol. The number of aromatic nitrogens is 4. The Labute approximate surface area is 221 Å². The Bertz CT molecular complexity index is 1640. The Kier molecular flexibility index (Phi) is 6.71. The van der Waals surface area contributed by atoms with Gasteiger partial charge in [-0.15, -0.1) is 0 Å². The van der Waals surface area contributed by atoms with Gasteiger partial charge in [-0.3, -0.25) is 14.9 Å². The number of hydrogen-bond acceptors (Lipinski definition) is 9. The molecule has 4 aromatic rings. The SMILES string of the molecule is CS(=O)(=O)c1ccc(-n2ncc3c(OC4CCN(C=O)C(c5ccc(Cl)c([N+](=O)[O-])c5)C4)ncnc32)cc1. The van der Waals surface area contributed by atoms with Crippen molar-refractivity contribution in [3.05, 3.63) is 75.7 Å². The van der Waals surface area contributed by atoms with Crippen molar-refractivity contribution in [3.8, 4) is 11.6 Å². The average molecular weight is 557 g/mol. The number of benzene rings is 2. The van der Waals surface area contributed by atoms with Gasteiger partial charge in [0.05, 0.1) is 27.7 Å². The first-order chi connectivity index (χ1) is 18.2. The molecular formula is C24H21ClN6O6S. The summed E-state index contributed by atoms with van der Waals surface area (Å²) in [6.45, 7) is 0.384. The lowest BCUT2D eigenvalue weighted by molar-refractivity contribution is -0.384. The number of likely N-dealkylation sites (tertiary alicyclic amines) is 1. The van der Waals surface area contributed by atoms with Crippen molar-refractivity contribution in [1.29, 1.82) is 0 Å². The molecule has 14 heteroatoms. The number of carbonyl (C=O) groups is 1. The van der Waals surface area contributed by atoms with Crippen molar-refractivity contribution in [3.63, 3.8) is 0 Å². The summed E-state index contributed by atoms with van der Waals surface area (Å²) in [6.07, 6.45) is 5.34. The van der Waals surface area contributed by atoms with E-state index < -0.39 is 20.8 Å². The molecule has 38 heavy (non-hydrogen) atoms. The van der Waals surface area contributed by atoms with Gasteiger partial charge < -0.3 is 9.64 Å². The molecule has 1 saturated heterocycles. The summed E-state index contributed by atoms with van der Waals surface area (Å²) in [5.41, 5.74) is 1.44. The molecule has 5 rings (SSSR count). The van der Waals surface area contributed by atoms with Gasteiger partial charge in [-0.2, -0.15) is 5.10 Å². The van der Waals surface area contributed by atoms with Crippen LogP contribution in [0, 0.1) is 10.1 Å². The molecule has 1 aliphatic rings. The number of halogens is 1. The summed E-state index contributed by atoms with van der Waals surface area (Å²) in [6, 6.07) is 10.3. The molecule has 1 amide bonds. The van der Waals surface area contributed by atoms with Gasteiger partial charge >= 0.3 is 0 Å². The third kappa shape index (κ3) is 4.89. The van der Waals surface area contributed by atoms with Crippen molar-refractivity contribution in [1.82, 2.24) is 24.6 Å². The van der Waals surface area contributed by atoms with Gasteiger partial charge in [0.25, 0.3) is 5.69 Å². The van der Waals surface area contributed by atoms with E-state index in [1.54, 1.807) is 34.0 Å². The topological polar surface area (TPSA) is 150 Å². The van der Waals surface area contributed by atoms with Gasteiger partial charge in [-0.1, -0.05) is 17.7 Å². The number of piperidine rings is 1. The minimum absolute atomic E-state index is 0.0198. The first-order valence-electron chi connectivity index (χ1n) is 11.5. The van der Waals surface area contributed by atoms with Crippen LogP contribution in [0.4, 0.5) is 5.69 Å². The van der Waals surface area contributed by atoms with Gasteiger partial charge in [-0.05, 0) is 35.9 Å². The molecular weight excluding hydrogens is 536 g/mol. The van der Waals surface area contributed by atoms with Crippen LogP contribution in [0.1, 0.15) is 24.4 Å². The first-order valence-corrected chi connectivity index (χ1v) is 13.7. The maximum absolute atomic E-state index is 11.8. The number of nitrogens with zero attached hydrogens (tertiary/aromatic N) is 6. The molecule has 1 fully saturated rings. The zero-order valence-electron chi connectivity index (χ0n) is 20.0. The molecule has 0 aliphatic carbocycles. The predicted molar refractivity (Wildman–Crippen MR) is 137 cm³/mol. The second-order valence-corrected chi connectivity index (χ2v) is 11.3. The Morgan fingerprint density at radius 1 is 1.18 bits per heavy atom. The zero-order chi connectivity index (χ0) is 27.0. The molecule has 1 aliphatic heterocycles. The standard InChI is InChI=1S/C24H21ClN6O6S/c1-38(35,36)18-5-3-16(4-6-18)30-23-19(12-28-30)24(27-13-26-23)37-17-8-9-29(14-32)21(11-17)15-2-7-20(25)22(10-15)31(33)34/h2-7,10,12-14,17,21H,8-9,11H2,1H3. The van der Waals surface area contributed by atoms with E-state index in [9.17, 15) is 23.3 Å². The van der Waals surface area contributed by atoms with Crippen LogP contribution >= 0.6 is 11.6 Å². The van der Waals surface area contributed by atoms with E-state index in [4.69, 9.17) is 16.3 Å². The number of amides is 1. The number of carbonyl (C=O) groups excluding carboxylic acids is 1. The summed E-state index contributed by atoms with van der Waals surface area (Å²) in [5, 5.41) is 16.3. The fraction of sp³-hybridized carbons (Fsp3) is 0.250. The fourth-order valence-corrected chi connectivity index (χ4v) is 5.30. The maximum Gasteiger partial charge on any atom is 0.288 e. The summed E-state index contributed by atoms with van der Waals surface area (Å²) < 4.78 is 31.3. The van der Waals surface area contributed by atoms with Crippen molar-refractivity contribution in [2.45, 2.75) is 29.9 Å². The number of ether oxygens (including phenoxy) is 1. The molecule has 2 aromatic heterocycles. The summed E-state index contributed by atoms with van der Waals surface area (Å²) in [5.74, 6) is 0.305. The lowest BCUT2D eigenvalue weighted by atomic mass is 9.93. The second-order valence-electron chi connectivity index (χ2n) is 8.83. The first kappa shape index (κ1) is 25.5. The molecule has 0 spiro atoms. The molecule has 2 atom stereocenters. The minimum Gasteiger partial charge on any atom is -0.474 e. The van der Waals surface area contributed by atoms with E-state index in [-0.39, 0.29) is 21.7 Å². The van der Waals surface area contributed by atoms with Crippen LogP contribution in [0.5, 0.6) is 5.88 Å². The number of nitro groups is 1. The van der Waals surface area contributed by atoms with E-state index >= 15 is 0 Å². The molecule has 3 heterocycles. The Morgan fingerprint density at radius 2 is 1.95 bits per heavy atom. The van der Waals surface area contributed by atoms with Crippen LogP contribution in [0.3, 0.4) is 0 Å². The summed E-state index contributed by atoms with van der Waals surface area (Å²) in [7, 11) is -3.33. The molecule has 0 radical (unpaired) electrons. The molecule has 12 nitrogen and oxygen atoms in total. The van der Waals surface area contributed by atoms with Crippen LogP contribution in [0.15, 0.2) is 59.9 Å². The van der Waals surface area contributed by atoms with Crippen molar-refractivity contribution in [2.24, 2.45) is 0 Å². The Morgan fingerprint density at radius 3 is 2.63 bits per heavy atom. The van der Waals surface area contributed by atoms with Crippen LogP contribution in [-0.2, 0) is 14.6 Å². The quantitative estimate of drug-likeness (QED) is 0.189. The highest BCUT2D eigenvalue weighted by Crippen LogP contribution is 2.36. The fourth-order valence-electron chi connectivity index (χ4n) is 4.49. The van der Waals surface area contributed by atoms with Crippen molar-refractivity contribution < 1.29 is 22.9 Å². The maximum atomic E-state index is 11.8. The number of hydrogen-bond donors (Lipinski definition) is 0. The third-order valence-corrected chi connectivity index (χ3v) is 7.85. The van der Waals surface area contributed by atoms with Crippen molar-refractivity contribution in [2.75, 3.05) is 12.8 Å². The molecule has 0 saturated carbocycles. The van der Waals surface area contributed by atoms with Gasteiger partial charge in [0.1, 0.15) is 22.8 Å². The number of sulfone groups is 1. The highest BCUT2D eigenvalue weighted by molar-refractivity contribution is 7.90.